The summed E-state index contributed by atoms with van der Waals surface area (Å²) in [6, 6.07) is 91.8. The minimum atomic E-state index is -5.73. The van der Waals surface area contributed by atoms with Crippen LogP contribution in [0.5, 0.6) is 57.5 Å². The van der Waals surface area contributed by atoms with Crippen LogP contribution in [0.4, 0.5) is 92.5 Å². The van der Waals surface area contributed by atoms with Crippen LogP contribution in [0.15, 0.2) is 328 Å². The van der Waals surface area contributed by atoms with Gasteiger partial charge in [-0.3, -0.25) is 0 Å². The van der Waals surface area contributed by atoms with Gasteiger partial charge in [-0.2, -0.15) is 57.3 Å². The topological polar surface area (TPSA) is 132 Å². The van der Waals surface area contributed by atoms with Crippen LogP contribution >= 0.6 is 7.82 Å². The summed E-state index contributed by atoms with van der Waals surface area (Å²) < 4.78 is 256. The molecule has 7 aliphatic heterocycles. The Balaban J connectivity index is 0.000000137. The van der Waals surface area contributed by atoms with E-state index < -0.39 is 65.6 Å². The van der Waals surface area contributed by atoms with Gasteiger partial charge < -0.3 is 81.0 Å². The lowest BCUT2D eigenvalue weighted by Crippen LogP contribution is -2.55. The number of halogens is 12. The molecule has 738 valence electrons. The van der Waals surface area contributed by atoms with Gasteiger partial charge in [0.15, 0.2) is 47.1 Å². The van der Waals surface area contributed by atoms with Crippen molar-refractivity contribution >= 4 is 47.6 Å². The molecule has 7 aliphatic rings. The van der Waals surface area contributed by atoms with Gasteiger partial charge in [0.2, 0.25) is 10.8 Å². The number of nitrogens with zero attached hydrogens (tertiary/aromatic N) is 7. The van der Waals surface area contributed by atoms with Crippen molar-refractivity contribution in [1.82, 2.24) is 0 Å². The van der Waals surface area contributed by atoms with Gasteiger partial charge in [-0.15, -0.1) is 0 Å². The van der Waals surface area contributed by atoms with E-state index in [1.165, 1.54) is 24.3 Å². The number of hydrogen-bond donors (Lipinski definition) is 0. The van der Waals surface area contributed by atoms with Gasteiger partial charge in [-0.1, -0.05) is 174 Å². The fourth-order valence-electron chi connectivity index (χ4n) is 19.0. The first kappa shape index (κ1) is 96.9. The first-order chi connectivity index (χ1) is 68.6. The molecule has 31 heteroatoms. The third-order valence-electron chi connectivity index (χ3n) is 26.2. The maximum atomic E-state index is 15.2. The zero-order valence-electron chi connectivity index (χ0n) is 78.5. The number of anilines is 7. The van der Waals surface area contributed by atoms with Crippen LogP contribution in [0.2, 0.25) is 0 Å². The SMILES string of the molecule is CC(C)Cc1ccc(N2COc3ccc(C(c4ccc5c(c4)CN(c4ccc(C(C)(C)C)cc4)CO5)(C(F)(F)F)C(F)(F)F)cc3C2)cc1.FC(F)(F)C(c1ccc2c(c1)CN(c1ccccc1)CO2)(c1ccc2c(c1)CN(c1ccccc1)CO2)C(F)(F)F.O=P(Oc1ccc2c(c1)CN(c1ccccc1)CO2)(Oc1ccc2c(c1)CN(c1ccccc1)CO2)Oc1ccc2c(c1)CN(c1ccccc1)CO2. The molecule has 7 heterocycles. The smallest absolute Gasteiger partial charge is 0.473 e. The Morgan fingerprint density at radius 1 is 0.259 bits per heavy atom. The molecule has 0 atom stereocenters. The highest BCUT2D eigenvalue weighted by Crippen LogP contribution is 2.61. The second kappa shape index (κ2) is 39.5. The summed E-state index contributed by atoms with van der Waals surface area (Å²) in [5, 5.41) is 0. The third kappa shape index (κ3) is 20.4. The molecule has 0 saturated heterocycles. The molecule has 0 aliphatic carbocycles. The Kier molecular flexibility index (Phi) is 26.8. The van der Waals surface area contributed by atoms with Crippen molar-refractivity contribution in [2.24, 2.45) is 5.92 Å². The zero-order valence-corrected chi connectivity index (χ0v) is 79.4. The van der Waals surface area contributed by atoms with E-state index in [2.05, 4.69) is 49.3 Å². The first-order valence-corrected chi connectivity index (χ1v) is 48.0. The van der Waals surface area contributed by atoms with Crippen LogP contribution in [0, 0.1) is 5.92 Å². The Hall–Kier alpha value is -14.9. The molecular weight excluding hydrogens is 1880 g/mol. The third-order valence-corrected chi connectivity index (χ3v) is 27.5. The summed E-state index contributed by atoms with van der Waals surface area (Å²) in [5.74, 6) is 4.61. The number of hydrogen-bond acceptors (Lipinski definition) is 18. The van der Waals surface area contributed by atoms with Gasteiger partial charge in [0.1, 0.15) is 57.5 Å². The molecule has 0 fully saturated rings. The molecule has 0 bridgehead atoms. The van der Waals surface area contributed by atoms with Crippen molar-refractivity contribution in [3.05, 3.63) is 400 Å². The van der Waals surface area contributed by atoms with E-state index in [1.54, 1.807) is 86.3 Å². The van der Waals surface area contributed by atoms with E-state index in [0.29, 0.717) is 63.0 Å². The number of benzene rings is 14. The number of para-hydroxylation sites is 5. The van der Waals surface area contributed by atoms with Gasteiger partial charge in [0, 0.05) is 125 Å². The van der Waals surface area contributed by atoms with Gasteiger partial charge in [-0.05, 0) is 239 Å². The van der Waals surface area contributed by atoms with E-state index in [-0.39, 0.29) is 104 Å². The van der Waals surface area contributed by atoms with Gasteiger partial charge >= 0.3 is 32.5 Å². The predicted molar refractivity (Wildman–Crippen MR) is 524 cm³/mol. The van der Waals surface area contributed by atoms with Crippen LogP contribution < -0.4 is 81.0 Å². The molecule has 0 spiro atoms. The Bertz CT molecular complexity index is 6530. The van der Waals surface area contributed by atoms with E-state index >= 15 is 26.3 Å². The number of fused-ring (bicyclic) bond motifs is 7. The van der Waals surface area contributed by atoms with Gasteiger partial charge in [-0.25, -0.2) is 0 Å². The standard InChI is InChI=1S/C42H36N3O7P.C39H40F6N2O2.C31H24F6N2O2/c46-53(50-37-16-19-40-31(22-37)25-43(28-47-40)34-10-4-1-5-11-34,51-38-17-20-41-32(23-38)26-44(29-48-41)35-12-6-2-7-13-35)52-39-18-21-42-33(24-39)27-45(30-49-42)36-14-8-3-9-15-36;1-25(2)18-26-6-12-32(13-7-26)46-21-27-19-30(10-16-34(27)48-23-46)37(38(40,41)42,39(43,44)45)31-11-17-35-28(20-31)22-47(24-49-35)33-14-8-29(9-15-33)36(3,4)5;32-30(33,34)29(31(35,36)37,23-11-13-27-21(15-23)17-38(19-40-27)25-7-3-1-4-8-25)24-12-14-28-22(16-24)18-39(20-41-28)26-9-5-2-6-10-26/h1-24H,25-30H2;6-17,19-20,25H,18,21-24H2,1-5H3;1-16H,17-20H2. The van der Waals surface area contributed by atoms with E-state index in [9.17, 15) is 30.9 Å². The molecule has 21 rings (SSSR count). The summed E-state index contributed by atoms with van der Waals surface area (Å²) in [4.78, 5) is 13.4. The van der Waals surface area contributed by atoms with Crippen molar-refractivity contribution in [3.63, 3.8) is 0 Å². The van der Waals surface area contributed by atoms with Crippen molar-refractivity contribution in [2.45, 2.75) is 128 Å². The minimum absolute atomic E-state index is 0.0762. The lowest BCUT2D eigenvalue weighted by molar-refractivity contribution is -0.290. The molecule has 0 saturated carbocycles. The number of ether oxygens (including phenoxy) is 7. The van der Waals surface area contributed by atoms with Crippen LogP contribution in [0.3, 0.4) is 0 Å². The number of phosphoric acid groups is 1. The Morgan fingerprint density at radius 3 is 0.664 bits per heavy atom. The van der Waals surface area contributed by atoms with E-state index in [4.69, 9.17) is 46.7 Å². The van der Waals surface area contributed by atoms with Crippen LogP contribution in [-0.2, 0) is 73.0 Å². The second-order valence-corrected chi connectivity index (χ2v) is 38.8. The van der Waals surface area contributed by atoms with E-state index in [1.807, 2.05) is 188 Å². The average Bonchev–Trinajstić information content (AvgIpc) is 0.711. The van der Waals surface area contributed by atoms with Crippen LogP contribution in [0.1, 0.15) is 107 Å². The fraction of sp³-hybridized carbons (Fsp3) is 0.250. The summed E-state index contributed by atoms with van der Waals surface area (Å²) >= 11 is 0. The quantitative estimate of drug-likeness (QED) is 0.0561. The lowest BCUT2D eigenvalue weighted by Gasteiger charge is -2.40. The molecule has 0 radical (unpaired) electrons. The number of rotatable bonds is 19. The molecule has 0 aromatic heterocycles. The zero-order chi connectivity index (χ0) is 99.8. The lowest BCUT2D eigenvalue weighted by atomic mass is 9.72. The predicted octanol–water partition coefficient (Wildman–Crippen LogP) is 27.5. The molecule has 0 unspecified atom stereocenters. The highest BCUT2D eigenvalue weighted by Gasteiger charge is 2.74. The average molecular weight is 1980 g/mol. The highest BCUT2D eigenvalue weighted by atomic mass is 31.2. The fourth-order valence-corrected chi connectivity index (χ4v) is 20.2. The molecule has 18 nitrogen and oxygen atoms in total. The highest BCUT2D eigenvalue weighted by molar-refractivity contribution is 7.49. The molecule has 14 aromatic carbocycles. The van der Waals surface area contributed by atoms with Crippen LogP contribution in [-0.4, -0.2) is 71.8 Å². The summed E-state index contributed by atoms with van der Waals surface area (Å²) in [7, 11) is -4.38. The van der Waals surface area contributed by atoms with Crippen molar-refractivity contribution in [3.8, 4) is 57.5 Å². The van der Waals surface area contributed by atoms with Gasteiger partial charge in [0.05, 0.1) is 0 Å². The Morgan fingerprint density at radius 2 is 0.455 bits per heavy atom. The summed E-state index contributed by atoms with van der Waals surface area (Å²) in [6.45, 7) is 14.2. The molecule has 143 heavy (non-hydrogen) atoms. The molecular formula is C112H100F12N7O11P. The van der Waals surface area contributed by atoms with Gasteiger partial charge in [0.25, 0.3) is 0 Å². The summed E-state index contributed by atoms with van der Waals surface area (Å²) in [6.07, 6.45) is -22.0. The maximum Gasteiger partial charge on any atom is 0.647 e. The number of alkyl halides is 12. The first-order valence-electron chi connectivity index (χ1n) is 46.6. The monoisotopic (exact) mass is 1980 g/mol. The molecule has 14 aromatic rings. The number of phosphoric ester groups is 1. The molecule has 0 amide bonds. The Labute approximate surface area is 819 Å². The molecule has 0 N–H and O–H groups in total. The van der Waals surface area contributed by atoms with Crippen LogP contribution in [0.25, 0.3) is 0 Å². The second-order valence-electron chi connectivity index (χ2n) is 37.3. The van der Waals surface area contributed by atoms with Crippen molar-refractivity contribution in [1.29, 1.82) is 0 Å². The van der Waals surface area contributed by atoms with E-state index in [0.717, 1.165) is 140 Å². The van der Waals surface area contributed by atoms with Crippen molar-refractivity contribution < 1.29 is 104 Å². The maximum absolute atomic E-state index is 15.2. The minimum Gasteiger partial charge on any atom is -0.473 e. The normalized spacial score (nSPS) is 15.2. The largest absolute Gasteiger partial charge is 0.647 e. The summed E-state index contributed by atoms with van der Waals surface area (Å²) in [5.41, 5.74) is -0.505. The van der Waals surface area contributed by atoms with Crippen molar-refractivity contribution in [2.75, 3.05) is 81.4 Å².